The van der Waals surface area contributed by atoms with Gasteiger partial charge in [0.05, 0.1) is 17.2 Å². The number of aliphatic carboxylic acids is 1. The average molecular weight is 445 g/mol. The van der Waals surface area contributed by atoms with Gasteiger partial charge in [0.25, 0.3) is 10.0 Å². The van der Waals surface area contributed by atoms with Crippen LogP contribution in [0.2, 0.25) is 0 Å². The topological polar surface area (TPSA) is 106 Å². The van der Waals surface area contributed by atoms with Gasteiger partial charge in [0.1, 0.15) is 5.75 Å². The Morgan fingerprint density at radius 2 is 1.83 bits per heavy atom. The molecule has 0 saturated carbocycles. The number of carboxylic acid groups (broad SMARTS) is 1. The summed E-state index contributed by atoms with van der Waals surface area (Å²) in [6.45, 7) is 4.37. The molecule has 0 aliphatic heterocycles. The van der Waals surface area contributed by atoms with Crippen LogP contribution < -0.4 is 9.46 Å². The Labute approximate surface area is 178 Å². The van der Waals surface area contributed by atoms with E-state index in [1.807, 2.05) is 38.1 Å². The minimum atomic E-state index is -3.82. The Balaban J connectivity index is 1.79. The van der Waals surface area contributed by atoms with E-state index in [1.54, 1.807) is 0 Å². The molecule has 30 heavy (non-hydrogen) atoms. The predicted octanol–water partition coefficient (Wildman–Crippen LogP) is 4.42. The van der Waals surface area contributed by atoms with E-state index in [2.05, 4.69) is 9.71 Å². The van der Waals surface area contributed by atoms with Crippen LogP contribution in [0.3, 0.4) is 0 Å². The Morgan fingerprint density at radius 3 is 2.43 bits per heavy atom. The second-order valence-corrected chi connectivity index (χ2v) is 9.11. The third kappa shape index (κ3) is 5.25. The first-order valence-corrected chi connectivity index (χ1v) is 11.3. The van der Waals surface area contributed by atoms with Crippen LogP contribution in [0.4, 0.5) is 5.13 Å². The summed E-state index contributed by atoms with van der Waals surface area (Å²) in [7, 11) is -3.82. The summed E-state index contributed by atoms with van der Waals surface area (Å²) in [5.74, 6) is -0.312. The SMILES string of the molecule is CCOc1ccc(-c2nc(NS(=O)(=O)c3ccc(/C=C/C(=O)O)cc3)sc2C)cc1. The van der Waals surface area contributed by atoms with E-state index in [0.717, 1.165) is 22.3 Å². The first-order chi connectivity index (χ1) is 14.3. The highest BCUT2D eigenvalue weighted by Gasteiger charge is 2.18. The van der Waals surface area contributed by atoms with Gasteiger partial charge in [-0.15, -0.1) is 11.3 Å². The minimum Gasteiger partial charge on any atom is -0.494 e. The number of hydrogen-bond donors (Lipinski definition) is 2. The van der Waals surface area contributed by atoms with Crippen molar-refractivity contribution in [3.8, 4) is 17.0 Å². The molecule has 3 rings (SSSR count). The van der Waals surface area contributed by atoms with Crippen molar-refractivity contribution in [1.29, 1.82) is 0 Å². The molecular formula is C21H20N2O5S2. The van der Waals surface area contributed by atoms with Crippen LogP contribution in [-0.4, -0.2) is 31.1 Å². The van der Waals surface area contributed by atoms with Crippen molar-refractivity contribution in [2.45, 2.75) is 18.7 Å². The van der Waals surface area contributed by atoms with Crippen molar-refractivity contribution in [3.05, 3.63) is 65.0 Å². The largest absolute Gasteiger partial charge is 0.494 e. The number of carbonyl (C=O) groups is 1. The monoisotopic (exact) mass is 444 g/mol. The molecule has 1 aromatic heterocycles. The molecule has 0 amide bonds. The summed E-state index contributed by atoms with van der Waals surface area (Å²) in [6.07, 6.45) is 2.38. The summed E-state index contributed by atoms with van der Waals surface area (Å²) < 4.78 is 33.3. The third-order valence-corrected chi connectivity index (χ3v) is 6.44. The summed E-state index contributed by atoms with van der Waals surface area (Å²) >= 11 is 1.25. The van der Waals surface area contributed by atoms with Gasteiger partial charge in [-0.25, -0.2) is 18.2 Å². The lowest BCUT2D eigenvalue weighted by molar-refractivity contribution is -0.131. The van der Waals surface area contributed by atoms with E-state index in [-0.39, 0.29) is 10.0 Å². The lowest BCUT2D eigenvalue weighted by atomic mass is 10.1. The lowest BCUT2D eigenvalue weighted by Gasteiger charge is -2.05. The lowest BCUT2D eigenvalue weighted by Crippen LogP contribution is -2.12. The highest BCUT2D eigenvalue weighted by atomic mass is 32.2. The molecule has 156 valence electrons. The third-order valence-electron chi connectivity index (χ3n) is 4.07. The van der Waals surface area contributed by atoms with E-state index in [9.17, 15) is 13.2 Å². The fourth-order valence-electron chi connectivity index (χ4n) is 2.68. The molecule has 0 spiro atoms. The van der Waals surface area contributed by atoms with Crippen molar-refractivity contribution < 1.29 is 23.1 Å². The maximum atomic E-state index is 12.7. The number of carboxylic acids is 1. The van der Waals surface area contributed by atoms with Gasteiger partial charge in [-0.1, -0.05) is 12.1 Å². The van der Waals surface area contributed by atoms with E-state index < -0.39 is 16.0 Å². The number of benzene rings is 2. The van der Waals surface area contributed by atoms with Gasteiger partial charge in [-0.3, -0.25) is 4.72 Å². The van der Waals surface area contributed by atoms with E-state index >= 15 is 0 Å². The molecule has 0 unspecified atom stereocenters. The van der Waals surface area contributed by atoms with Gasteiger partial charge in [0, 0.05) is 16.5 Å². The van der Waals surface area contributed by atoms with Gasteiger partial charge in [0.15, 0.2) is 5.13 Å². The number of ether oxygens (including phenoxy) is 1. The number of thiazole rings is 1. The zero-order valence-electron chi connectivity index (χ0n) is 16.3. The van der Waals surface area contributed by atoms with Gasteiger partial charge in [-0.2, -0.15) is 0 Å². The highest BCUT2D eigenvalue weighted by Crippen LogP contribution is 2.32. The zero-order chi connectivity index (χ0) is 21.7. The number of aryl methyl sites for hydroxylation is 1. The number of nitrogens with zero attached hydrogens (tertiary/aromatic N) is 1. The number of hydrogen-bond acceptors (Lipinski definition) is 6. The molecule has 0 fully saturated rings. The number of nitrogens with one attached hydrogen (secondary N) is 1. The molecule has 0 radical (unpaired) electrons. The molecule has 0 aliphatic rings. The Morgan fingerprint density at radius 1 is 1.17 bits per heavy atom. The second-order valence-electron chi connectivity index (χ2n) is 6.23. The maximum absolute atomic E-state index is 12.7. The van der Waals surface area contributed by atoms with Crippen LogP contribution in [0.15, 0.2) is 59.5 Å². The molecule has 7 nitrogen and oxygen atoms in total. The first-order valence-electron chi connectivity index (χ1n) is 9.03. The van der Waals surface area contributed by atoms with Crippen LogP contribution in [0.25, 0.3) is 17.3 Å². The van der Waals surface area contributed by atoms with Crippen molar-refractivity contribution in [1.82, 2.24) is 4.98 Å². The van der Waals surface area contributed by atoms with Crippen LogP contribution in [0.5, 0.6) is 5.75 Å². The van der Waals surface area contributed by atoms with E-state index in [4.69, 9.17) is 9.84 Å². The predicted molar refractivity (Wildman–Crippen MR) is 117 cm³/mol. The Kier molecular flexibility index (Phi) is 6.53. The van der Waals surface area contributed by atoms with Gasteiger partial charge < -0.3 is 9.84 Å². The fraction of sp³-hybridized carbons (Fsp3) is 0.143. The van der Waals surface area contributed by atoms with Crippen LogP contribution >= 0.6 is 11.3 Å². The molecule has 2 aromatic carbocycles. The van der Waals surface area contributed by atoms with Gasteiger partial charge in [-0.05, 0) is 61.9 Å². The van der Waals surface area contributed by atoms with Gasteiger partial charge in [0.2, 0.25) is 0 Å². The normalized spacial score (nSPS) is 11.5. The zero-order valence-corrected chi connectivity index (χ0v) is 18.0. The summed E-state index contributed by atoms with van der Waals surface area (Å²) in [6, 6.07) is 13.4. The van der Waals surface area contributed by atoms with Crippen LogP contribution in [0.1, 0.15) is 17.4 Å². The van der Waals surface area contributed by atoms with Crippen LogP contribution in [-0.2, 0) is 14.8 Å². The van der Waals surface area contributed by atoms with E-state index in [1.165, 1.54) is 41.7 Å². The summed E-state index contributed by atoms with van der Waals surface area (Å²) in [4.78, 5) is 16.0. The maximum Gasteiger partial charge on any atom is 0.328 e. The molecule has 3 aromatic rings. The molecular weight excluding hydrogens is 424 g/mol. The number of anilines is 1. The highest BCUT2D eigenvalue weighted by molar-refractivity contribution is 7.93. The summed E-state index contributed by atoms with van der Waals surface area (Å²) in [5, 5.41) is 8.93. The summed E-state index contributed by atoms with van der Waals surface area (Å²) in [5.41, 5.74) is 2.15. The average Bonchev–Trinajstić information content (AvgIpc) is 3.07. The second kappa shape index (κ2) is 9.10. The van der Waals surface area contributed by atoms with Crippen molar-refractivity contribution in [3.63, 3.8) is 0 Å². The van der Waals surface area contributed by atoms with Crippen LogP contribution in [0, 0.1) is 6.92 Å². The number of rotatable bonds is 8. The standard InChI is InChI=1S/C21H20N2O5S2/c1-3-28-17-9-7-16(8-10-17)20-14(2)29-21(22-20)23-30(26,27)18-11-4-15(5-12-18)6-13-19(24)25/h4-13H,3H2,1-2H3,(H,22,23)(H,24,25)/b13-6+. The molecule has 9 heteroatoms. The molecule has 0 bridgehead atoms. The molecule has 0 aliphatic carbocycles. The molecule has 0 atom stereocenters. The molecule has 0 saturated heterocycles. The van der Waals surface area contributed by atoms with E-state index in [0.29, 0.717) is 17.9 Å². The molecule has 2 N–H and O–H groups in total. The quantitative estimate of drug-likeness (QED) is 0.499. The molecule has 1 heterocycles. The first kappa shape index (κ1) is 21.5. The number of sulfonamides is 1. The fourth-order valence-corrected chi connectivity index (χ4v) is 4.75. The van der Waals surface area contributed by atoms with Crippen molar-refractivity contribution in [2.24, 2.45) is 0 Å². The van der Waals surface area contributed by atoms with Crippen molar-refractivity contribution >= 4 is 38.5 Å². The Bertz CT molecular complexity index is 1170. The smallest absolute Gasteiger partial charge is 0.328 e. The van der Waals surface area contributed by atoms with Gasteiger partial charge >= 0.3 is 5.97 Å². The number of aromatic nitrogens is 1. The van der Waals surface area contributed by atoms with Crippen molar-refractivity contribution in [2.75, 3.05) is 11.3 Å². The Hall–Kier alpha value is -3.17. The minimum absolute atomic E-state index is 0.0606.